The monoisotopic (exact) mass is 304 g/mol. The van der Waals surface area contributed by atoms with Gasteiger partial charge < -0.3 is 10.1 Å². The van der Waals surface area contributed by atoms with Crippen LogP contribution in [0, 0.1) is 0 Å². The quantitative estimate of drug-likeness (QED) is 0.792. The topological polar surface area (TPSA) is 51.2 Å². The molecule has 114 valence electrons. The molecule has 23 heavy (non-hydrogen) atoms. The molecular formula is C19H16N2O2. The molecule has 1 aromatic heterocycles. The van der Waals surface area contributed by atoms with Gasteiger partial charge in [0.15, 0.2) is 0 Å². The van der Waals surface area contributed by atoms with Gasteiger partial charge in [0, 0.05) is 16.8 Å². The summed E-state index contributed by atoms with van der Waals surface area (Å²) in [5.41, 5.74) is 2.84. The predicted molar refractivity (Wildman–Crippen MR) is 90.6 cm³/mol. The molecule has 4 nitrogen and oxygen atoms in total. The van der Waals surface area contributed by atoms with Crippen LogP contribution in [0.4, 0.5) is 5.69 Å². The van der Waals surface area contributed by atoms with Crippen molar-refractivity contribution in [2.75, 3.05) is 12.4 Å². The highest BCUT2D eigenvalue weighted by Crippen LogP contribution is 2.24. The van der Waals surface area contributed by atoms with E-state index in [2.05, 4.69) is 10.3 Å². The predicted octanol–water partition coefficient (Wildman–Crippen LogP) is 4.01. The SMILES string of the molecule is COc1ccc(-c2ccccc2C(=O)Nc2ccccc2)nc1. The Kier molecular flexibility index (Phi) is 4.34. The number of hydrogen-bond acceptors (Lipinski definition) is 3. The van der Waals surface area contributed by atoms with E-state index in [0.717, 1.165) is 16.9 Å². The molecule has 0 fully saturated rings. The highest BCUT2D eigenvalue weighted by Gasteiger charge is 2.13. The summed E-state index contributed by atoms with van der Waals surface area (Å²) in [6.45, 7) is 0. The van der Waals surface area contributed by atoms with Crippen molar-refractivity contribution >= 4 is 11.6 Å². The highest BCUT2D eigenvalue weighted by molar-refractivity contribution is 6.08. The van der Waals surface area contributed by atoms with Crippen molar-refractivity contribution in [3.63, 3.8) is 0 Å². The summed E-state index contributed by atoms with van der Waals surface area (Å²) in [5, 5.41) is 2.90. The Morgan fingerprint density at radius 2 is 1.70 bits per heavy atom. The number of nitrogens with one attached hydrogen (secondary N) is 1. The fourth-order valence-electron chi connectivity index (χ4n) is 2.28. The molecule has 0 atom stereocenters. The zero-order chi connectivity index (χ0) is 16.1. The molecule has 4 heteroatoms. The van der Waals surface area contributed by atoms with Crippen molar-refractivity contribution in [3.05, 3.63) is 78.5 Å². The van der Waals surface area contributed by atoms with Crippen molar-refractivity contribution in [2.45, 2.75) is 0 Å². The van der Waals surface area contributed by atoms with Crippen molar-refractivity contribution in [1.82, 2.24) is 4.98 Å². The number of methoxy groups -OCH3 is 1. The lowest BCUT2D eigenvalue weighted by Gasteiger charge is -2.10. The molecule has 0 saturated carbocycles. The van der Waals surface area contributed by atoms with Crippen LogP contribution < -0.4 is 10.1 Å². The molecule has 3 aromatic rings. The van der Waals surface area contributed by atoms with Gasteiger partial charge in [0.1, 0.15) is 5.75 Å². The molecule has 0 bridgehead atoms. The second-order valence-electron chi connectivity index (χ2n) is 4.95. The van der Waals surface area contributed by atoms with Crippen LogP contribution in [-0.4, -0.2) is 18.0 Å². The van der Waals surface area contributed by atoms with E-state index in [-0.39, 0.29) is 5.91 Å². The Bertz CT molecular complexity index is 799. The number of ether oxygens (including phenoxy) is 1. The van der Waals surface area contributed by atoms with Crippen LogP contribution in [0.2, 0.25) is 0 Å². The maximum absolute atomic E-state index is 12.6. The van der Waals surface area contributed by atoms with Crippen molar-refractivity contribution in [1.29, 1.82) is 0 Å². The van der Waals surface area contributed by atoms with Gasteiger partial charge in [0.25, 0.3) is 5.91 Å². The van der Waals surface area contributed by atoms with Crippen LogP contribution in [0.5, 0.6) is 5.75 Å². The minimum Gasteiger partial charge on any atom is -0.495 e. The number of hydrogen-bond donors (Lipinski definition) is 1. The standard InChI is InChI=1S/C19H16N2O2/c1-23-15-11-12-18(20-13-15)16-9-5-6-10-17(16)19(22)21-14-7-3-2-4-8-14/h2-13H,1H3,(H,21,22). The number of anilines is 1. The van der Waals surface area contributed by atoms with Crippen LogP contribution >= 0.6 is 0 Å². The van der Waals surface area contributed by atoms with Gasteiger partial charge in [-0.05, 0) is 30.3 Å². The zero-order valence-electron chi connectivity index (χ0n) is 12.7. The summed E-state index contributed by atoms with van der Waals surface area (Å²) in [7, 11) is 1.60. The zero-order valence-corrected chi connectivity index (χ0v) is 12.7. The smallest absolute Gasteiger partial charge is 0.256 e. The summed E-state index contributed by atoms with van der Waals surface area (Å²) in [4.78, 5) is 16.9. The number of carbonyl (C=O) groups excluding carboxylic acids is 1. The van der Waals surface area contributed by atoms with Crippen LogP contribution in [0.15, 0.2) is 72.9 Å². The number of aromatic nitrogens is 1. The maximum Gasteiger partial charge on any atom is 0.256 e. The Balaban J connectivity index is 1.92. The third kappa shape index (κ3) is 3.37. The summed E-state index contributed by atoms with van der Waals surface area (Å²) in [6.07, 6.45) is 1.64. The van der Waals surface area contributed by atoms with E-state index in [0.29, 0.717) is 11.3 Å². The third-order valence-corrected chi connectivity index (χ3v) is 3.45. The van der Waals surface area contributed by atoms with Crippen molar-refractivity contribution in [3.8, 4) is 17.0 Å². The van der Waals surface area contributed by atoms with E-state index in [9.17, 15) is 4.79 Å². The molecule has 1 amide bonds. The van der Waals surface area contributed by atoms with Crippen LogP contribution in [0.25, 0.3) is 11.3 Å². The van der Waals surface area contributed by atoms with Crippen LogP contribution in [-0.2, 0) is 0 Å². The third-order valence-electron chi connectivity index (χ3n) is 3.45. The molecular weight excluding hydrogens is 288 g/mol. The fraction of sp³-hybridized carbons (Fsp3) is 0.0526. The van der Waals surface area contributed by atoms with E-state index in [4.69, 9.17) is 4.74 Å². The van der Waals surface area contributed by atoms with Gasteiger partial charge >= 0.3 is 0 Å². The Labute approximate surface area is 134 Å². The number of carbonyl (C=O) groups is 1. The van der Waals surface area contributed by atoms with Gasteiger partial charge in [0.2, 0.25) is 0 Å². The first-order chi connectivity index (χ1) is 11.3. The molecule has 1 N–H and O–H groups in total. The molecule has 0 aliphatic heterocycles. The molecule has 0 saturated heterocycles. The molecule has 0 radical (unpaired) electrons. The Morgan fingerprint density at radius 3 is 2.39 bits per heavy atom. The number of benzene rings is 2. The van der Waals surface area contributed by atoms with E-state index in [1.165, 1.54) is 0 Å². The Morgan fingerprint density at radius 1 is 0.957 bits per heavy atom. The van der Waals surface area contributed by atoms with Gasteiger partial charge in [-0.2, -0.15) is 0 Å². The fourth-order valence-corrected chi connectivity index (χ4v) is 2.28. The molecule has 0 spiro atoms. The average molecular weight is 304 g/mol. The van der Waals surface area contributed by atoms with Gasteiger partial charge in [-0.25, -0.2) is 0 Å². The lowest BCUT2D eigenvalue weighted by molar-refractivity contribution is 0.102. The molecule has 0 unspecified atom stereocenters. The summed E-state index contributed by atoms with van der Waals surface area (Å²) >= 11 is 0. The van der Waals surface area contributed by atoms with E-state index < -0.39 is 0 Å². The molecule has 0 aliphatic rings. The van der Waals surface area contributed by atoms with Gasteiger partial charge in [-0.3, -0.25) is 9.78 Å². The first-order valence-corrected chi connectivity index (χ1v) is 7.24. The van der Waals surface area contributed by atoms with Crippen LogP contribution in [0.3, 0.4) is 0 Å². The van der Waals surface area contributed by atoms with Gasteiger partial charge in [0.05, 0.1) is 19.0 Å². The van der Waals surface area contributed by atoms with Crippen molar-refractivity contribution in [2.24, 2.45) is 0 Å². The number of rotatable bonds is 4. The number of amides is 1. The first-order valence-electron chi connectivity index (χ1n) is 7.24. The first kappa shape index (κ1) is 14.8. The second kappa shape index (κ2) is 6.75. The average Bonchev–Trinajstić information content (AvgIpc) is 2.62. The molecule has 1 heterocycles. The number of pyridine rings is 1. The molecule has 3 rings (SSSR count). The number of nitrogens with zero attached hydrogens (tertiary/aromatic N) is 1. The normalized spacial score (nSPS) is 10.1. The molecule has 2 aromatic carbocycles. The van der Waals surface area contributed by atoms with E-state index in [1.54, 1.807) is 19.4 Å². The summed E-state index contributed by atoms with van der Waals surface area (Å²) in [5.74, 6) is 0.518. The van der Waals surface area contributed by atoms with Crippen LogP contribution in [0.1, 0.15) is 10.4 Å². The molecule has 0 aliphatic carbocycles. The highest BCUT2D eigenvalue weighted by atomic mass is 16.5. The van der Waals surface area contributed by atoms with E-state index in [1.807, 2.05) is 60.7 Å². The number of para-hydroxylation sites is 1. The van der Waals surface area contributed by atoms with Gasteiger partial charge in [-0.15, -0.1) is 0 Å². The maximum atomic E-state index is 12.6. The van der Waals surface area contributed by atoms with E-state index >= 15 is 0 Å². The van der Waals surface area contributed by atoms with Gasteiger partial charge in [-0.1, -0.05) is 36.4 Å². The largest absolute Gasteiger partial charge is 0.495 e. The second-order valence-corrected chi connectivity index (χ2v) is 4.95. The summed E-state index contributed by atoms with van der Waals surface area (Å²) in [6, 6.07) is 20.5. The lowest BCUT2D eigenvalue weighted by atomic mass is 10.0. The van der Waals surface area contributed by atoms with Crippen molar-refractivity contribution < 1.29 is 9.53 Å². The summed E-state index contributed by atoms with van der Waals surface area (Å²) < 4.78 is 5.12. The Hall–Kier alpha value is -3.14. The minimum absolute atomic E-state index is 0.163. The minimum atomic E-state index is -0.163. The lowest BCUT2D eigenvalue weighted by Crippen LogP contribution is -2.13.